The number of hydrogen-bond acceptors (Lipinski definition) is 2. The van der Waals surface area contributed by atoms with Crippen molar-refractivity contribution < 1.29 is 9.15 Å². The van der Waals surface area contributed by atoms with Crippen LogP contribution >= 0.6 is 0 Å². The smallest absolute Gasteiger partial charge is 0.209 e. The van der Waals surface area contributed by atoms with Crippen molar-refractivity contribution in [3.8, 4) is 23.0 Å². The summed E-state index contributed by atoms with van der Waals surface area (Å²) in [6, 6.07) is 21.6. The van der Waals surface area contributed by atoms with Gasteiger partial charge in [0.25, 0.3) is 0 Å². The van der Waals surface area contributed by atoms with E-state index in [0.29, 0.717) is 5.88 Å². The van der Waals surface area contributed by atoms with Gasteiger partial charge in [-0.05, 0) is 30.3 Å². The first kappa shape index (κ1) is 11.9. The van der Waals surface area contributed by atoms with E-state index in [2.05, 4.69) is 11.1 Å². The van der Waals surface area contributed by atoms with Gasteiger partial charge in [0.2, 0.25) is 5.88 Å². The molecule has 0 radical (unpaired) electrons. The quantitative estimate of drug-likeness (QED) is 0.556. The number of para-hydroxylation sites is 2. The fraction of sp³-hybridized carbons (Fsp3) is 0. The molecule has 2 aromatic heterocycles. The first-order valence-corrected chi connectivity index (χ1v) is 6.79. The maximum Gasteiger partial charge on any atom is 0.209 e. The molecule has 21 heavy (non-hydrogen) atoms. The average molecular weight is 275 g/mol. The molecule has 1 N–H and O–H groups in total. The van der Waals surface area contributed by atoms with Crippen molar-refractivity contribution in [1.82, 2.24) is 4.98 Å². The standard InChI is InChI=1S/C18H13NO2/c1-2-7-13(8-3-1)21-18-17(16-11-6-12-20-16)14-9-4-5-10-15(14)19-18/h1-12,19H. The topological polar surface area (TPSA) is 38.2 Å². The van der Waals surface area contributed by atoms with E-state index >= 15 is 0 Å². The number of aromatic amines is 1. The zero-order valence-corrected chi connectivity index (χ0v) is 11.2. The number of fused-ring (bicyclic) bond motifs is 1. The maximum absolute atomic E-state index is 6.00. The predicted molar refractivity (Wildman–Crippen MR) is 82.5 cm³/mol. The van der Waals surface area contributed by atoms with Crippen molar-refractivity contribution in [3.63, 3.8) is 0 Å². The second-order valence-corrected chi connectivity index (χ2v) is 4.77. The first-order valence-electron chi connectivity index (χ1n) is 6.79. The van der Waals surface area contributed by atoms with Gasteiger partial charge in [-0.1, -0.05) is 36.4 Å². The van der Waals surface area contributed by atoms with Crippen molar-refractivity contribution in [2.45, 2.75) is 0 Å². The van der Waals surface area contributed by atoms with Gasteiger partial charge in [-0.2, -0.15) is 0 Å². The van der Waals surface area contributed by atoms with Crippen molar-refractivity contribution in [2.75, 3.05) is 0 Å². The Morgan fingerprint density at radius 1 is 0.810 bits per heavy atom. The fourth-order valence-electron chi connectivity index (χ4n) is 2.47. The molecule has 3 nitrogen and oxygen atoms in total. The maximum atomic E-state index is 6.00. The number of H-pyrrole nitrogens is 1. The van der Waals surface area contributed by atoms with Crippen LogP contribution in [0, 0.1) is 0 Å². The first-order chi connectivity index (χ1) is 10.4. The van der Waals surface area contributed by atoms with Crippen LogP contribution in [0.25, 0.3) is 22.2 Å². The third kappa shape index (κ3) is 2.09. The van der Waals surface area contributed by atoms with Crippen LogP contribution in [0.4, 0.5) is 0 Å². The van der Waals surface area contributed by atoms with Gasteiger partial charge in [-0.15, -0.1) is 0 Å². The number of furan rings is 1. The molecule has 0 atom stereocenters. The highest BCUT2D eigenvalue weighted by atomic mass is 16.5. The number of ether oxygens (including phenoxy) is 1. The second-order valence-electron chi connectivity index (χ2n) is 4.77. The van der Waals surface area contributed by atoms with Crippen LogP contribution in [0.5, 0.6) is 11.6 Å². The summed E-state index contributed by atoms with van der Waals surface area (Å²) < 4.78 is 11.6. The molecule has 0 bridgehead atoms. The van der Waals surface area contributed by atoms with Crippen molar-refractivity contribution >= 4 is 10.9 Å². The molecule has 3 heteroatoms. The summed E-state index contributed by atoms with van der Waals surface area (Å²) in [7, 11) is 0. The monoisotopic (exact) mass is 275 g/mol. The second kappa shape index (κ2) is 4.87. The van der Waals surface area contributed by atoms with Crippen LogP contribution in [-0.4, -0.2) is 4.98 Å². The molecule has 2 heterocycles. The van der Waals surface area contributed by atoms with Gasteiger partial charge in [0.15, 0.2) is 0 Å². The van der Waals surface area contributed by atoms with Crippen molar-refractivity contribution in [2.24, 2.45) is 0 Å². The molecule has 0 fully saturated rings. The molecule has 102 valence electrons. The Labute approximate surface area is 121 Å². The Kier molecular flexibility index (Phi) is 2.75. The summed E-state index contributed by atoms with van der Waals surface area (Å²) in [5.41, 5.74) is 1.97. The molecule has 0 aliphatic heterocycles. The van der Waals surface area contributed by atoms with Gasteiger partial charge in [-0.3, -0.25) is 0 Å². The summed E-state index contributed by atoms with van der Waals surface area (Å²) in [5.74, 6) is 2.27. The zero-order valence-electron chi connectivity index (χ0n) is 11.2. The van der Waals surface area contributed by atoms with Gasteiger partial charge < -0.3 is 14.1 Å². The van der Waals surface area contributed by atoms with Crippen molar-refractivity contribution in [1.29, 1.82) is 0 Å². The highest BCUT2D eigenvalue weighted by molar-refractivity contribution is 5.97. The van der Waals surface area contributed by atoms with E-state index in [1.54, 1.807) is 6.26 Å². The minimum absolute atomic E-state index is 0.692. The third-order valence-electron chi connectivity index (χ3n) is 3.40. The summed E-state index contributed by atoms with van der Waals surface area (Å²) in [6.45, 7) is 0. The molecular weight excluding hydrogens is 262 g/mol. The van der Waals surface area contributed by atoms with Gasteiger partial charge in [0.05, 0.1) is 11.8 Å². The lowest BCUT2D eigenvalue weighted by Crippen LogP contribution is -1.85. The number of nitrogens with one attached hydrogen (secondary N) is 1. The lowest BCUT2D eigenvalue weighted by Gasteiger charge is -2.05. The van der Waals surface area contributed by atoms with Crippen molar-refractivity contribution in [3.05, 3.63) is 73.0 Å². The van der Waals surface area contributed by atoms with Gasteiger partial charge in [-0.25, -0.2) is 0 Å². The number of hydrogen-bond donors (Lipinski definition) is 1. The molecule has 4 aromatic rings. The van der Waals surface area contributed by atoms with E-state index in [9.17, 15) is 0 Å². The van der Waals surface area contributed by atoms with Gasteiger partial charge in [0.1, 0.15) is 11.5 Å². The Bertz CT molecular complexity index is 861. The predicted octanol–water partition coefficient (Wildman–Crippen LogP) is 5.22. The Morgan fingerprint density at radius 2 is 1.62 bits per heavy atom. The van der Waals surface area contributed by atoms with Gasteiger partial charge >= 0.3 is 0 Å². The SMILES string of the molecule is c1ccc(Oc2[nH]c3ccccc3c2-c2ccco2)cc1. The van der Waals surface area contributed by atoms with E-state index in [4.69, 9.17) is 9.15 Å². The summed E-state index contributed by atoms with van der Waals surface area (Å²) in [5, 5.41) is 1.08. The highest BCUT2D eigenvalue weighted by Gasteiger charge is 2.17. The number of benzene rings is 2. The molecule has 0 spiro atoms. The normalized spacial score (nSPS) is 10.9. The molecular formula is C18H13NO2. The molecule has 4 rings (SSSR count). The molecule has 0 saturated carbocycles. The Morgan fingerprint density at radius 3 is 2.43 bits per heavy atom. The largest absolute Gasteiger partial charge is 0.464 e. The van der Waals surface area contributed by atoms with Crippen LogP contribution < -0.4 is 4.74 Å². The lowest BCUT2D eigenvalue weighted by molar-refractivity contribution is 0.466. The van der Waals surface area contributed by atoms with E-state index in [1.165, 1.54) is 0 Å². The number of rotatable bonds is 3. The van der Waals surface area contributed by atoms with E-state index < -0.39 is 0 Å². The third-order valence-corrected chi connectivity index (χ3v) is 3.40. The van der Waals surface area contributed by atoms with Crippen LogP contribution in [0.15, 0.2) is 77.4 Å². The molecule has 0 unspecified atom stereocenters. The fourth-order valence-corrected chi connectivity index (χ4v) is 2.47. The summed E-state index contributed by atoms with van der Waals surface area (Å²) in [4.78, 5) is 3.32. The van der Waals surface area contributed by atoms with E-state index in [1.807, 2.05) is 60.7 Å². The average Bonchev–Trinajstić information content (AvgIpc) is 3.14. The molecule has 0 aliphatic rings. The number of aromatic nitrogens is 1. The zero-order chi connectivity index (χ0) is 14.1. The minimum Gasteiger partial charge on any atom is -0.464 e. The lowest BCUT2D eigenvalue weighted by atomic mass is 10.1. The van der Waals surface area contributed by atoms with Crippen LogP contribution in [0.1, 0.15) is 0 Å². The molecule has 0 saturated heterocycles. The van der Waals surface area contributed by atoms with Crippen LogP contribution in [-0.2, 0) is 0 Å². The molecule has 0 aliphatic carbocycles. The van der Waals surface area contributed by atoms with E-state index in [0.717, 1.165) is 28.0 Å². The summed E-state index contributed by atoms with van der Waals surface area (Å²) in [6.07, 6.45) is 1.67. The Hall–Kier alpha value is -2.94. The highest BCUT2D eigenvalue weighted by Crippen LogP contribution is 2.39. The minimum atomic E-state index is 0.692. The van der Waals surface area contributed by atoms with Crippen LogP contribution in [0.3, 0.4) is 0 Å². The summed E-state index contributed by atoms with van der Waals surface area (Å²) >= 11 is 0. The molecule has 0 amide bonds. The molecule has 2 aromatic carbocycles. The van der Waals surface area contributed by atoms with Gasteiger partial charge in [0, 0.05) is 10.9 Å². The van der Waals surface area contributed by atoms with E-state index in [-0.39, 0.29) is 0 Å². The Balaban J connectivity index is 1.90. The van der Waals surface area contributed by atoms with Crippen LogP contribution in [0.2, 0.25) is 0 Å².